The minimum absolute atomic E-state index is 0.232. The molecule has 0 aliphatic carbocycles. The molecule has 0 N–H and O–H groups in total. The average molecular weight is 340 g/mol. The first-order valence-corrected chi connectivity index (χ1v) is 7.39. The first-order chi connectivity index (χ1) is 11.7. The molecule has 1 aliphatic rings. The number of hydrogen-bond donors (Lipinski definition) is 0. The van der Waals surface area contributed by atoms with Crippen LogP contribution >= 0.6 is 11.6 Å². The molecule has 3 heterocycles. The Kier molecular flexibility index (Phi) is 3.47. The Bertz CT molecular complexity index is 945. The van der Waals surface area contributed by atoms with E-state index >= 15 is 0 Å². The van der Waals surface area contributed by atoms with Crippen molar-refractivity contribution < 1.29 is 9.21 Å². The van der Waals surface area contributed by atoms with Gasteiger partial charge in [-0.2, -0.15) is 9.78 Å². The highest BCUT2D eigenvalue weighted by Gasteiger charge is 2.33. The molecule has 2 aromatic heterocycles. The Labute approximate surface area is 141 Å². The quantitative estimate of drug-likeness (QED) is 0.673. The first-order valence-electron chi connectivity index (χ1n) is 7.01. The van der Waals surface area contributed by atoms with Gasteiger partial charge in [-0.1, -0.05) is 17.7 Å². The summed E-state index contributed by atoms with van der Waals surface area (Å²) in [6, 6.07) is 10.4. The molecule has 4 rings (SSSR count). The molecule has 1 aliphatic heterocycles. The third-order valence-corrected chi connectivity index (χ3v) is 3.59. The molecule has 0 saturated carbocycles. The molecule has 0 atom stereocenters. The number of aromatic nitrogens is 3. The summed E-state index contributed by atoms with van der Waals surface area (Å²) in [4.78, 5) is 22.6. The van der Waals surface area contributed by atoms with E-state index in [0.29, 0.717) is 22.4 Å². The van der Waals surface area contributed by atoms with E-state index in [1.807, 2.05) is 0 Å². The number of nitrogens with zero attached hydrogens (tertiary/aromatic N) is 5. The van der Waals surface area contributed by atoms with E-state index < -0.39 is 0 Å². The van der Waals surface area contributed by atoms with Gasteiger partial charge in [0.25, 0.3) is 5.91 Å². The normalized spacial score (nSPS) is 16.0. The molecule has 0 bridgehead atoms. The minimum atomic E-state index is -0.306. The van der Waals surface area contributed by atoms with Gasteiger partial charge in [0.1, 0.15) is 24.1 Å². The summed E-state index contributed by atoms with van der Waals surface area (Å²) < 4.78 is 6.68. The number of hydrogen-bond acceptors (Lipinski definition) is 5. The van der Waals surface area contributed by atoms with Crippen LogP contribution in [0.1, 0.15) is 5.76 Å². The van der Waals surface area contributed by atoms with E-state index in [9.17, 15) is 4.79 Å². The minimum Gasteiger partial charge on any atom is -0.465 e. The van der Waals surface area contributed by atoms with Crippen molar-refractivity contribution >= 4 is 35.2 Å². The predicted molar refractivity (Wildman–Crippen MR) is 88.5 cm³/mol. The van der Waals surface area contributed by atoms with E-state index in [1.54, 1.807) is 42.5 Å². The molecular formula is C16H10ClN5O2. The summed E-state index contributed by atoms with van der Waals surface area (Å²) in [5.41, 5.74) is 0.819. The van der Waals surface area contributed by atoms with E-state index in [1.165, 1.54) is 28.5 Å². The van der Waals surface area contributed by atoms with Gasteiger partial charge < -0.3 is 4.42 Å². The van der Waals surface area contributed by atoms with Crippen LogP contribution in [0.15, 0.2) is 70.4 Å². The van der Waals surface area contributed by atoms with Crippen LogP contribution < -0.4 is 4.90 Å². The molecule has 0 fully saturated rings. The van der Waals surface area contributed by atoms with Crippen molar-refractivity contribution in [3.8, 4) is 0 Å². The number of halogens is 1. The third kappa shape index (κ3) is 2.50. The summed E-state index contributed by atoms with van der Waals surface area (Å²) in [5, 5.41) is 4.58. The SMILES string of the molecule is O=C1/C(=C/c2ccco2)N=C(n2cncn2)N1c1cccc(Cl)c1. The van der Waals surface area contributed by atoms with Crippen molar-refractivity contribution in [2.75, 3.05) is 4.90 Å². The van der Waals surface area contributed by atoms with Crippen LogP contribution in [0.4, 0.5) is 5.69 Å². The number of carbonyl (C=O) groups is 1. The number of rotatable bonds is 2. The van der Waals surface area contributed by atoms with E-state index in [-0.39, 0.29) is 11.6 Å². The zero-order valence-electron chi connectivity index (χ0n) is 12.2. The number of anilines is 1. The van der Waals surface area contributed by atoms with E-state index in [4.69, 9.17) is 16.0 Å². The topological polar surface area (TPSA) is 76.5 Å². The van der Waals surface area contributed by atoms with Gasteiger partial charge in [-0.25, -0.2) is 14.9 Å². The number of amides is 1. The molecule has 0 radical (unpaired) electrons. The molecule has 8 heteroatoms. The largest absolute Gasteiger partial charge is 0.465 e. The number of carbonyl (C=O) groups excluding carboxylic acids is 1. The Morgan fingerprint density at radius 1 is 1.21 bits per heavy atom. The van der Waals surface area contributed by atoms with Crippen LogP contribution in [0.5, 0.6) is 0 Å². The van der Waals surface area contributed by atoms with Crippen molar-refractivity contribution in [2.45, 2.75) is 0 Å². The second-order valence-electron chi connectivity index (χ2n) is 4.92. The van der Waals surface area contributed by atoms with Gasteiger partial charge in [-0.05, 0) is 30.3 Å². The van der Waals surface area contributed by atoms with Crippen LogP contribution in [0, 0.1) is 0 Å². The molecule has 24 heavy (non-hydrogen) atoms. The van der Waals surface area contributed by atoms with Gasteiger partial charge in [-0.15, -0.1) is 0 Å². The fourth-order valence-electron chi connectivity index (χ4n) is 2.33. The highest BCUT2D eigenvalue weighted by Crippen LogP contribution is 2.27. The van der Waals surface area contributed by atoms with E-state index in [0.717, 1.165) is 0 Å². The van der Waals surface area contributed by atoms with Crippen LogP contribution in [-0.4, -0.2) is 26.6 Å². The monoisotopic (exact) mass is 339 g/mol. The van der Waals surface area contributed by atoms with Crippen LogP contribution in [-0.2, 0) is 4.79 Å². The van der Waals surface area contributed by atoms with Gasteiger partial charge >= 0.3 is 0 Å². The Hall–Kier alpha value is -3.19. The lowest BCUT2D eigenvalue weighted by Gasteiger charge is -2.17. The first kappa shape index (κ1) is 14.4. The lowest BCUT2D eigenvalue weighted by molar-refractivity contribution is -0.113. The number of benzene rings is 1. The summed E-state index contributed by atoms with van der Waals surface area (Å²) in [6.07, 6.45) is 5.95. The fraction of sp³-hybridized carbons (Fsp3) is 0. The maximum Gasteiger partial charge on any atom is 0.284 e. The molecule has 0 unspecified atom stereocenters. The van der Waals surface area contributed by atoms with Gasteiger partial charge in [0, 0.05) is 11.1 Å². The second kappa shape index (κ2) is 5.78. The predicted octanol–water partition coefficient (Wildman–Crippen LogP) is 2.82. The molecule has 7 nitrogen and oxygen atoms in total. The molecule has 0 spiro atoms. The number of furan rings is 1. The lowest BCUT2D eigenvalue weighted by Crippen LogP contribution is -2.36. The third-order valence-electron chi connectivity index (χ3n) is 3.35. The summed E-state index contributed by atoms with van der Waals surface area (Å²) >= 11 is 6.05. The Morgan fingerprint density at radius 2 is 2.12 bits per heavy atom. The molecular weight excluding hydrogens is 330 g/mol. The van der Waals surface area contributed by atoms with Gasteiger partial charge in [0.2, 0.25) is 5.96 Å². The average Bonchev–Trinajstić information content (AvgIpc) is 3.30. The van der Waals surface area contributed by atoms with Gasteiger partial charge in [-0.3, -0.25) is 4.79 Å². The maximum absolute atomic E-state index is 12.8. The molecule has 1 aromatic carbocycles. The zero-order valence-corrected chi connectivity index (χ0v) is 13.0. The highest BCUT2D eigenvalue weighted by molar-refractivity contribution is 6.32. The second-order valence-corrected chi connectivity index (χ2v) is 5.35. The molecule has 1 amide bonds. The fourth-order valence-corrected chi connectivity index (χ4v) is 2.51. The molecule has 118 valence electrons. The van der Waals surface area contributed by atoms with Crippen molar-refractivity contribution in [2.24, 2.45) is 4.99 Å². The van der Waals surface area contributed by atoms with Crippen molar-refractivity contribution in [1.82, 2.24) is 14.8 Å². The maximum atomic E-state index is 12.8. The summed E-state index contributed by atoms with van der Waals surface area (Å²) in [6.45, 7) is 0. The smallest absolute Gasteiger partial charge is 0.284 e. The van der Waals surface area contributed by atoms with Crippen molar-refractivity contribution in [3.05, 3.63) is 71.8 Å². The zero-order chi connectivity index (χ0) is 16.5. The molecule has 0 saturated heterocycles. The van der Waals surface area contributed by atoms with E-state index in [2.05, 4.69) is 15.1 Å². The molecule has 3 aromatic rings. The van der Waals surface area contributed by atoms with Crippen LogP contribution in [0.25, 0.3) is 6.08 Å². The summed E-state index contributed by atoms with van der Waals surface area (Å²) in [5.74, 6) is 0.546. The lowest BCUT2D eigenvalue weighted by atomic mass is 10.2. The highest BCUT2D eigenvalue weighted by atomic mass is 35.5. The van der Waals surface area contributed by atoms with Gasteiger partial charge in [0.15, 0.2) is 0 Å². The number of aliphatic imine (C=N–C) groups is 1. The Morgan fingerprint density at radius 3 is 2.83 bits per heavy atom. The van der Waals surface area contributed by atoms with Gasteiger partial charge in [0.05, 0.1) is 12.0 Å². The summed E-state index contributed by atoms with van der Waals surface area (Å²) in [7, 11) is 0. The van der Waals surface area contributed by atoms with Crippen molar-refractivity contribution in [1.29, 1.82) is 0 Å². The van der Waals surface area contributed by atoms with Crippen LogP contribution in [0.3, 0.4) is 0 Å². The standard InChI is InChI=1S/C16H10ClN5O2/c17-11-3-1-4-12(7-11)22-15(23)14(8-13-5-2-6-24-13)20-16(22)21-10-18-9-19-21/h1-10H/b14-8-. The Balaban J connectivity index is 1.83. The van der Waals surface area contributed by atoms with Crippen molar-refractivity contribution in [3.63, 3.8) is 0 Å². The van der Waals surface area contributed by atoms with Crippen LogP contribution in [0.2, 0.25) is 5.02 Å².